The molecule has 1 atom stereocenters. The molecule has 0 aliphatic heterocycles. The third-order valence-corrected chi connectivity index (χ3v) is 3.75. The number of ether oxygens (including phenoxy) is 1. The Morgan fingerprint density at radius 2 is 1.92 bits per heavy atom. The van der Waals surface area contributed by atoms with Crippen molar-refractivity contribution < 1.29 is 9.13 Å². The Morgan fingerprint density at radius 3 is 2.54 bits per heavy atom. The number of guanidine groups is 1. The van der Waals surface area contributed by atoms with Crippen LogP contribution in [0, 0.1) is 12.7 Å². The van der Waals surface area contributed by atoms with Gasteiger partial charge in [0.1, 0.15) is 5.82 Å². The molecule has 0 bridgehead atoms. The van der Waals surface area contributed by atoms with E-state index in [-0.39, 0.29) is 11.9 Å². The Balaban J connectivity index is 1.89. The number of hydrogen-bond donors (Lipinski definition) is 2. The predicted molar refractivity (Wildman–Crippen MR) is 95.5 cm³/mol. The van der Waals surface area contributed by atoms with Crippen LogP contribution in [0.4, 0.5) is 4.39 Å². The van der Waals surface area contributed by atoms with Crippen molar-refractivity contribution in [2.45, 2.75) is 19.6 Å². The zero-order valence-electron chi connectivity index (χ0n) is 14.3. The fourth-order valence-corrected chi connectivity index (χ4v) is 2.43. The number of aliphatic imine (C=N–C) groups is 1. The SMILES string of the molecule is CN=C(NCc1cccc(C)c1)NCC(OC)c1ccc(F)cc1. The lowest BCUT2D eigenvalue weighted by Gasteiger charge is -2.19. The average Bonchev–Trinajstić information content (AvgIpc) is 2.59. The van der Waals surface area contributed by atoms with Gasteiger partial charge < -0.3 is 15.4 Å². The summed E-state index contributed by atoms with van der Waals surface area (Å²) in [7, 11) is 3.36. The molecule has 0 fully saturated rings. The standard InChI is InChI=1S/C19H24FN3O/c1-14-5-4-6-15(11-14)12-22-19(21-2)23-13-18(24-3)16-7-9-17(20)10-8-16/h4-11,18H,12-13H2,1-3H3,(H2,21,22,23). The average molecular weight is 329 g/mol. The number of nitrogens with zero attached hydrogens (tertiary/aromatic N) is 1. The molecule has 5 heteroatoms. The molecule has 128 valence electrons. The molecular weight excluding hydrogens is 305 g/mol. The normalized spacial score (nSPS) is 12.8. The number of rotatable bonds is 6. The molecule has 24 heavy (non-hydrogen) atoms. The van der Waals surface area contributed by atoms with E-state index in [4.69, 9.17) is 4.74 Å². The summed E-state index contributed by atoms with van der Waals surface area (Å²) in [5.74, 6) is 0.442. The second-order valence-electron chi connectivity index (χ2n) is 5.57. The molecule has 0 spiro atoms. The quantitative estimate of drug-likeness (QED) is 0.632. The van der Waals surface area contributed by atoms with Gasteiger partial charge in [0.2, 0.25) is 0 Å². The van der Waals surface area contributed by atoms with Crippen molar-refractivity contribution in [3.63, 3.8) is 0 Å². The van der Waals surface area contributed by atoms with Gasteiger partial charge in [-0.15, -0.1) is 0 Å². The van der Waals surface area contributed by atoms with E-state index in [1.165, 1.54) is 23.3 Å². The third-order valence-electron chi connectivity index (χ3n) is 3.75. The minimum atomic E-state index is -0.253. The van der Waals surface area contributed by atoms with Crippen LogP contribution in [0.15, 0.2) is 53.5 Å². The molecule has 1 unspecified atom stereocenters. The molecule has 0 aliphatic rings. The van der Waals surface area contributed by atoms with E-state index in [1.54, 1.807) is 26.3 Å². The fraction of sp³-hybridized carbons (Fsp3) is 0.316. The molecule has 0 saturated carbocycles. The van der Waals surface area contributed by atoms with Crippen LogP contribution in [0.5, 0.6) is 0 Å². The summed E-state index contributed by atoms with van der Waals surface area (Å²) in [4.78, 5) is 4.22. The lowest BCUT2D eigenvalue weighted by Crippen LogP contribution is -2.39. The molecule has 0 amide bonds. The van der Waals surface area contributed by atoms with E-state index in [0.29, 0.717) is 19.0 Å². The Hall–Kier alpha value is -2.40. The molecule has 0 aromatic heterocycles. The van der Waals surface area contributed by atoms with Gasteiger partial charge in [0.05, 0.1) is 6.10 Å². The second kappa shape index (κ2) is 9.03. The van der Waals surface area contributed by atoms with Crippen molar-refractivity contribution >= 4 is 5.96 Å². The highest BCUT2D eigenvalue weighted by molar-refractivity contribution is 5.79. The molecule has 0 aliphatic carbocycles. The maximum absolute atomic E-state index is 13.0. The van der Waals surface area contributed by atoms with E-state index < -0.39 is 0 Å². The van der Waals surface area contributed by atoms with Crippen LogP contribution in [0.1, 0.15) is 22.8 Å². The summed E-state index contributed by atoms with van der Waals surface area (Å²) in [6, 6.07) is 14.7. The van der Waals surface area contributed by atoms with Gasteiger partial charge in [0.25, 0.3) is 0 Å². The maximum Gasteiger partial charge on any atom is 0.191 e. The van der Waals surface area contributed by atoms with Crippen LogP contribution in [-0.4, -0.2) is 26.7 Å². The summed E-state index contributed by atoms with van der Waals surface area (Å²) in [5.41, 5.74) is 3.34. The molecule has 2 aromatic carbocycles. The first-order valence-electron chi connectivity index (χ1n) is 7.90. The van der Waals surface area contributed by atoms with E-state index in [1.807, 2.05) is 6.07 Å². The van der Waals surface area contributed by atoms with Crippen LogP contribution in [0.3, 0.4) is 0 Å². The molecule has 0 saturated heterocycles. The van der Waals surface area contributed by atoms with Crippen LogP contribution in [0.25, 0.3) is 0 Å². The van der Waals surface area contributed by atoms with E-state index in [0.717, 1.165) is 5.56 Å². The Labute approximate surface area is 142 Å². The van der Waals surface area contributed by atoms with E-state index >= 15 is 0 Å². The third kappa shape index (κ3) is 5.35. The molecule has 0 heterocycles. The van der Waals surface area contributed by atoms with Gasteiger partial charge in [-0.05, 0) is 30.2 Å². The summed E-state index contributed by atoms with van der Waals surface area (Å²) >= 11 is 0. The first-order chi connectivity index (χ1) is 11.6. The number of nitrogens with one attached hydrogen (secondary N) is 2. The van der Waals surface area contributed by atoms with Crippen molar-refractivity contribution in [3.05, 3.63) is 71.0 Å². The minimum Gasteiger partial charge on any atom is -0.375 e. The highest BCUT2D eigenvalue weighted by Crippen LogP contribution is 2.16. The molecular formula is C19H24FN3O. The van der Waals surface area contributed by atoms with Gasteiger partial charge in [0, 0.05) is 27.2 Å². The van der Waals surface area contributed by atoms with Gasteiger partial charge in [-0.2, -0.15) is 0 Å². The lowest BCUT2D eigenvalue weighted by molar-refractivity contribution is 0.106. The van der Waals surface area contributed by atoms with Gasteiger partial charge in [-0.3, -0.25) is 4.99 Å². The second-order valence-corrected chi connectivity index (χ2v) is 5.57. The summed E-state index contributed by atoms with van der Waals surface area (Å²) in [6.45, 7) is 3.30. The number of aryl methyl sites for hydroxylation is 1. The number of halogens is 1. The van der Waals surface area contributed by atoms with Crippen LogP contribution in [-0.2, 0) is 11.3 Å². The fourth-order valence-electron chi connectivity index (χ4n) is 2.43. The van der Waals surface area contributed by atoms with E-state index in [9.17, 15) is 4.39 Å². The zero-order valence-corrected chi connectivity index (χ0v) is 14.3. The van der Waals surface area contributed by atoms with Crippen molar-refractivity contribution in [2.75, 3.05) is 20.7 Å². The molecule has 2 N–H and O–H groups in total. The first kappa shape index (κ1) is 17.9. The van der Waals surface area contributed by atoms with Crippen LogP contribution >= 0.6 is 0 Å². The highest BCUT2D eigenvalue weighted by Gasteiger charge is 2.11. The van der Waals surface area contributed by atoms with Gasteiger partial charge in [0.15, 0.2) is 5.96 Å². The van der Waals surface area contributed by atoms with Crippen molar-refractivity contribution in [1.82, 2.24) is 10.6 Å². The van der Waals surface area contributed by atoms with E-state index in [2.05, 4.69) is 40.7 Å². The smallest absolute Gasteiger partial charge is 0.191 e. The van der Waals surface area contributed by atoms with Crippen LogP contribution in [0.2, 0.25) is 0 Å². The van der Waals surface area contributed by atoms with Gasteiger partial charge in [-0.25, -0.2) is 4.39 Å². The Kier molecular flexibility index (Phi) is 6.75. The Morgan fingerprint density at radius 1 is 1.17 bits per heavy atom. The zero-order chi connectivity index (χ0) is 17.4. The number of benzene rings is 2. The maximum atomic E-state index is 13.0. The van der Waals surface area contributed by atoms with Crippen LogP contribution < -0.4 is 10.6 Å². The number of methoxy groups -OCH3 is 1. The molecule has 4 nitrogen and oxygen atoms in total. The van der Waals surface area contributed by atoms with Gasteiger partial charge in [-0.1, -0.05) is 42.0 Å². The number of hydrogen-bond acceptors (Lipinski definition) is 2. The topological polar surface area (TPSA) is 45.7 Å². The molecule has 2 rings (SSSR count). The predicted octanol–water partition coefficient (Wildman–Crippen LogP) is 3.19. The lowest BCUT2D eigenvalue weighted by atomic mass is 10.1. The molecule has 2 aromatic rings. The van der Waals surface area contributed by atoms with Crippen molar-refractivity contribution in [1.29, 1.82) is 0 Å². The Bertz CT molecular complexity index is 671. The highest BCUT2D eigenvalue weighted by atomic mass is 19.1. The first-order valence-corrected chi connectivity index (χ1v) is 7.90. The largest absolute Gasteiger partial charge is 0.375 e. The minimum absolute atomic E-state index is 0.178. The summed E-state index contributed by atoms with van der Waals surface area (Å²) in [6.07, 6.45) is -0.178. The summed E-state index contributed by atoms with van der Waals surface area (Å²) < 4.78 is 18.5. The van der Waals surface area contributed by atoms with Gasteiger partial charge >= 0.3 is 0 Å². The van der Waals surface area contributed by atoms with Crippen molar-refractivity contribution in [2.24, 2.45) is 4.99 Å². The molecule has 0 radical (unpaired) electrons. The summed E-state index contributed by atoms with van der Waals surface area (Å²) in [5, 5.41) is 6.51. The van der Waals surface area contributed by atoms with Crippen molar-refractivity contribution in [3.8, 4) is 0 Å². The monoisotopic (exact) mass is 329 g/mol.